The molecule has 120 valence electrons. The molecule has 0 saturated carbocycles. The van der Waals surface area contributed by atoms with E-state index in [0.717, 1.165) is 22.1 Å². The Morgan fingerprint density at radius 2 is 1.18 bits per heavy atom. The van der Waals surface area contributed by atoms with Crippen molar-refractivity contribution in [3.05, 3.63) is 36.4 Å². The van der Waals surface area contributed by atoms with E-state index in [0.29, 0.717) is 13.1 Å². The van der Waals surface area contributed by atoms with Gasteiger partial charge < -0.3 is 20.8 Å². The molecule has 0 aromatic heterocycles. The Hall–Kier alpha value is -1.20. The van der Waals surface area contributed by atoms with Gasteiger partial charge in [0.25, 0.3) is 0 Å². The zero-order valence-corrected chi connectivity index (χ0v) is 13.6. The molecule has 22 heavy (non-hydrogen) atoms. The molecular weight excluding hydrogens is 323 g/mol. The fourth-order valence-corrected chi connectivity index (χ4v) is 2.40. The normalized spacial score (nSPS) is 13.8. The molecule has 0 heterocycles. The van der Waals surface area contributed by atoms with Gasteiger partial charge in [-0.15, -0.1) is 23.2 Å². The quantitative estimate of drug-likeness (QED) is 0.557. The lowest BCUT2D eigenvalue weighted by Crippen LogP contribution is -2.21. The number of rotatable bonds is 8. The van der Waals surface area contributed by atoms with E-state index in [4.69, 9.17) is 23.2 Å². The van der Waals surface area contributed by atoms with Crippen molar-refractivity contribution in [2.75, 3.05) is 35.5 Å². The van der Waals surface area contributed by atoms with Crippen LogP contribution in [0.3, 0.4) is 0 Å². The molecule has 2 rings (SSSR count). The zero-order chi connectivity index (χ0) is 15.9. The summed E-state index contributed by atoms with van der Waals surface area (Å²) in [6.45, 7) is 0.788. The Kier molecular flexibility index (Phi) is 6.58. The van der Waals surface area contributed by atoms with Crippen molar-refractivity contribution >= 4 is 45.3 Å². The van der Waals surface area contributed by atoms with Crippen LogP contribution in [0.15, 0.2) is 36.4 Å². The minimum absolute atomic E-state index is 0.195. The highest BCUT2D eigenvalue weighted by Crippen LogP contribution is 2.29. The van der Waals surface area contributed by atoms with Crippen molar-refractivity contribution in [3.63, 3.8) is 0 Å². The van der Waals surface area contributed by atoms with Gasteiger partial charge in [-0.3, -0.25) is 0 Å². The van der Waals surface area contributed by atoms with Crippen molar-refractivity contribution in [3.8, 4) is 0 Å². The maximum atomic E-state index is 9.57. The summed E-state index contributed by atoms with van der Waals surface area (Å²) in [5.41, 5.74) is 1.87. The highest BCUT2D eigenvalue weighted by Gasteiger charge is 2.08. The molecule has 2 aromatic rings. The van der Waals surface area contributed by atoms with Crippen molar-refractivity contribution in [1.29, 1.82) is 0 Å². The molecule has 0 aliphatic carbocycles. The van der Waals surface area contributed by atoms with Crippen molar-refractivity contribution < 1.29 is 10.2 Å². The van der Waals surface area contributed by atoms with Crippen LogP contribution in [0.1, 0.15) is 0 Å². The van der Waals surface area contributed by atoms with E-state index in [1.54, 1.807) is 0 Å². The standard InChI is InChI=1S/C16H20Cl2N2O2/c17-7-11(21)9-19-15-5-1-3-13-14(15)4-2-6-16(13)20-10-12(22)8-18/h1-6,11-12,19-22H,7-10H2/t11-,12-/m0/s1. The first-order chi connectivity index (χ1) is 10.7. The summed E-state index contributed by atoms with van der Waals surface area (Å²) in [6.07, 6.45) is -1.17. The van der Waals surface area contributed by atoms with Crippen LogP contribution in [0.4, 0.5) is 11.4 Å². The van der Waals surface area contributed by atoms with Crippen molar-refractivity contribution in [2.24, 2.45) is 0 Å². The number of aliphatic hydroxyl groups is 2. The van der Waals surface area contributed by atoms with Crippen LogP contribution in [-0.2, 0) is 0 Å². The van der Waals surface area contributed by atoms with Gasteiger partial charge in [-0.2, -0.15) is 0 Å². The smallest absolute Gasteiger partial charge is 0.0847 e. The second-order valence-electron chi connectivity index (χ2n) is 5.08. The molecule has 2 aromatic carbocycles. The largest absolute Gasteiger partial charge is 0.390 e. The van der Waals surface area contributed by atoms with Gasteiger partial charge in [0, 0.05) is 35.2 Å². The van der Waals surface area contributed by atoms with Gasteiger partial charge in [-0.1, -0.05) is 24.3 Å². The van der Waals surface area contributed by atoms with Crippen LogP contribution in [0, 0.1) is 0 Å². The number of aliphatic hydroxyl groups excluding tert-OH is 2. The number of benzene rings is 2. The molecule has 0 amide bonds. The average Bonchev–Trinajstić information content (AvgIpc) is 2.57. The SMILES string of the molecule is O[C@@H](CCl)CNc1cccc2c(NC[C@@H](O)CCl)cccc12. The Morgan fingerprint density at radius 1 is 0.773 bits per heavy atom. The van der Waals surface area contributed by atoms with Gasteiger partial charge in [0.2, 0.25) is 0 Å². The number of nitrogens with one attached hydrogen (secondary N) is 2. The van der Waals surface area contributed by atoms with E-state index in [1.165, 1.54) is 0 Å². The summed E-state index contributed by atoms with van der Waals surface area (Å²) in [5, 5.41) is 27.6. The average molecular weight is 343 g/mol. The van der Waals surface area contributed by atoms with Gasteiger partial charge in [0.1, 0.15) is 0 Å². The molecule has 0 unspecified atom stereocenters. The predicted molar refractivity (Wildman–Crippen MR) is 94.4 cm³/mol. The minimum Gasteiger partial charge on any atom is -0.390 e. The summed E-state index contributed by atoms with van der Waals surface area (Å²) in [4.78, 5) is 0. The molecule has 2 atom stereocenters. The van der Waals surface area contributed by atoms with E-state index >= 15 is 0 Å². The molecular formula is C16H20Cl2N2O2. The Labute approximate surface area is 140 Å². The summed E-state index contributed by atoms with van der Waals surface area (Å²) in [5.74, 6) is 0.391. The topological polar surface area (TPSA) is 64.5 Å². The second kappa shape index (κ2) is 8.44. The number of anilines is 2. The molecule has 4 nitrogen and oxygen atoms in total. The molecule has 0 aliphatic heterocycles. The highest BCUT2D eigenvalue weighted by atomic mass is 35.5. The Balaban J connectivity index is 2.22. The maximum absolute atomic E-state index is 9.57. The Bertz CT molecular complexity index is 556. The van der Waals surface area contributed by atoms with Crippen LogP contribution in [0.25, 0.3) is 10.8 Å². The first-order valence-corrected chi connectivity index (χ1v) is 8.20. The predicted octanol–water partition coefficient (Wildman–Crippen LogP) is 2.86. The summed E-state index contributed by atoms with van der Waals surface area (Å²) < 4.78 is 0. The summed E-state index contributed by atoms with van der Waals surface area (Å²) in [7, 11) is 0. The lowest BCUT2D eigenvalue weighted by atomic mass is 10.1. The van der Waals surface area contributed by atoms with Gasteiger partial charge in [-0.25, -0.2) is 0 Å². The molecule has 0 spiro atoms. The Morgan fingerprint density at radius 3 is 1.55 bits per heavy atom. The van der Waals surface area contributed by atoms with E-state index in [-0.39, 0.29) is 11.8 Å². The van der Waals surface area contributed by atoms with E-state index < -0.39 is 12.2 Å². The lowest BCUT2D eigenvalue weighted by Gasteiger charge is -2.16. The van der Waals surface area contributed by atoms with Crippen LogP contribution < -0.4 is 10.6 Å². The number of halogens is 2. The van der Waals surface area contributed by atoms with Gasteiger partial charge in [-0.05, 0) is 12.1 Å². The lowest BCUT2D eigenvalue weighted by molar-refractivity contribution is 0.211. The number of fused-ring (bicyclic) bond motifs is 1. The van der Waals surface area contributed by atoms with Crippen LogP contribution >= 0.6 is 23.2 Å². The number of alkyl halides is 2. The first-order valence-electron chi connectivity index (χ1n) is 7.13. The third kappa shape index (κ3) is 4.40. The van der Waals surface area contributed by atoms with E-state index in [2.05, 4.69) is 10.6 Å². The van der Waals surface area contributed by atoms with Gasteiger partial charge >= 0.3 is 0 Å². The van der Waals surface area contributed by atoms with Gasteiger partial charge in [0.05, 0.1) is 24.0 Å². The van der Waals surface area contributed by atoms with Crippen LogP contribution in [-0.4, -0.2) is 47.3 Å². The molecule has 0 bridgehead atoms. The highest BCUT2D eigenvalue weighted by molar-refractivity contribution is 6.18. The summed E-state index contributed by atoms with van der Waals surface area (Å²) in [6, 6.07) is 11.8. The third-order valence-electron chi connectivity index (χ3n) is 3.33. The second-order valence-corrected chi connectivity index (χ2v) is 5.70. The van der Waals surface area contributed by atoms with E-state index in [9.17, 15) is 10.2 Å². The number of hydrogen-bond acceptors (Lipinski definition) is 4. The van der Waals surface area contributed by atoms with E-state index in [1.807, 2.05) is 36.4 Å². The first kappa shape index (κ1) is 17.2. The monoisotopic (exact) mass is 342 g/mol. The molecule has 0 radical (unpaired) electrons. The fourth-order valence-electron chi connectivity index (χ4n) is 2.18. The number of hydrogen-bond donors (Lipinski definition) is 4. The fraction of sp³-hybridized carbons (Fsp3) is 0.375. The van der Waals surface area contributed by atoms with Crippen molar-refractivity contribution in [2.45, 2.75) is 12.2 Å². The van der Waals surface area contributed by atoms with Crippen LogP contribution in [0.2, 0.25) is 0 Å². The van der Waals surface area contributed by atoms with Crippen LogP contribution in [0.5, 0.6) is 0 Å². The molecule has 6 heteroatoms. The molecule has 0 fully saturated rings. The molecule has 4 N–H and O–H groups in total. The van der Waals surface area contributed by atoms with Gasteiger partial charge in [0.15, 0.2) is 0 Å². The zero-order valence-electron chi connectivity index (χ0n) is 12.1. The minimum atomic E-state index is -0.586. The van der Waals surface area contributed by atoms with Crippen molar-refractivity contribution in [1.82, 2.24) is 0 Å². The molecule has 0 saturated heterocycles. The third-order valence-corrected chi connectivity index (χ3v) is 4.05. The molecule has 0 aliphatic rings. The summed E-state index contributed by atoms with van der Waals surface area (Å²) >= 11 is 11.2. The maximum Gasteiger partial charge on any atom is 0.0847 e.